The minimum absolute atomic E-state index is 0.00664. The first-order chi connectivity index (χ1) is 8.97. The molecule has 0 unspecified atom stereocenters. The average Bonchev–Trinajstić information content (AvgIpc) is 2.34. The second kappa shape index (κ2) is 5.71. The Bertz CT molecular complexity index is 574. The Balaban J connectivity index is 2.23. The van der Waals surface area contributed by atoms with Crippen LogP contribution in [0.25, 0.3) is 0 Å². The Morgan fingerprint density at radius 2 is 2.21 bits per heavy atom. The highest BCUT2D eigenvalue weighted by atomic mass is 79.9. The molecule has 1 aliphatic heterocycles. The van der Waals surface area contributed by atoms with Crippen molar-refractivity contribution in [2.45, 2.75) is 19.4 Å². The third-order valence-electron chi connectivity index (χ3n) is 2.69. The number of nitrogens with zero attached hydrogens (tertiary/aromatic N) is 2. The fourth-order valence-electron chi connectivity index (χ4n) is 1.69. The van der Waals surface area contributed by atoms with Crippen molar-refractivity contribution >= 4 is 45.1 Å². The van der Waals surface area contributed by atoms with Gasteiger partial charge in [-0.2, -0.15) is 5.10 Å². The van der Waals surface area contributed by atoms with Crippen LogP contribution in [0.3, 0.4) is 0 Å². The van der Waals surface area contributed by atoms with E-state index in [-0.39, 0.29) is 31.0 Å². The molecule has 0 aliphatic carbocycles. The van der Waals surface area contributed by atoms with E-state index in [2.05, 4.69) is 21.0 Å². The summed E-state index contributed by atoms with van der Waals surface area (Å²) in [6.45, 7) is 0.168. The summed E-state index contributed by atoms with van der Waals surface area (Å²) in [5.74, 6) is -1.30. The Kier molecular flexibility index (Phi) is 4.21. The fraction of sp³-hybridized carbons (Fsp3) is 0.250. The van der Waals surface area contributed by atoms with Gasteiger partial charge in [-0.05, 0) is 17.7 Å². The minimum Gasteiger partial charge on any atom is -0.477 e. The number of hydrogen-bond donors (Lipinski definition) is 1. The number of carboxylic acid groups (broad SMARTS) is 1. The standard InChI is InChI=1S/C12H10BrClN2O3/c13-8-2-1-7(9(14)5-8)6-16-11(17)4-3-10(15-16)12(18)19/h1-2,5H,3-4,6H2,(H,18,19). The van der Waals surface area contributed by atoms with E-state index < -0.39 is 5.97 Å². The van der Waals surface area contributed by atoms with Crippen LogP contribution in [-0.4, -0.2) is 27.7 Å². The number of halogens is 2. The van der Waals surface area contributed by atoms with E-state index in [0.717, 1.165) is 9.48 Å². The highest BCUT2D eigenvalue weighted by molar-refractivity contribution is 9.10. The van der Waals surface area contributed by atoms with Gasteiger partial charge in [0, 0.05) is 22.3 Å². The Morgan fingerprint density at radius 1 is 1.47 bits per heavy atom. The smallest absolute Gasteiger partial charge is 0.352 e. The fourth-order valence-corrected chi connectivity index (χ4v) is 2.42. The normalized spacial score (nSPS) is 15.4. The van der Waals surface area contributed by atoms with Crippen molar-refractivity contribution in [3.8, 4) is 0 Å². The molecule has 1 amide bonds. The molecule has 2 rings (SSSR count). The van der Waals surface area contributed by atoms with Crippen LogP contribution < -0.4 is 0 Å². The summed E-state index contributed by atoms with van der Waals surface area (Å²) in [5.41, 5.74) is 0.710. The molecule has 1 aromatic carbocycles. The predicted octanol–water partition coefficient (Wildman–Crippen LogP) is 2.67. The molecule has 7 heteroatoms. The molecule has 5 nitrogen and oxygen atoms in total. The summed E-state index contributed by atoms with van der Waals surface area (Å²) in [5, 5.41) is 14.4. The molecule has 0 atom stereocenters. The second-order valence-corrected chi connectivity index (χ2v) is 5.36. The Morgan fingerprint density at radius 3 is 2.84 bits per heavy atom. The molecular formula is C12H10BrClN2O3. The van der Waals surface area contributed by atoms with Crippen molar-refractivity contribution in [2.75, 3.05) is 0 Å². The highest BCUT2D eigenvalue weighted by Crippen LogP contribution is 2.24. The van der Waals surface area contributed by atoms with Crippen molar-refractivity contribution < 1.29 is 14.7 Å². The molecule has 0 bridgehead atoms. The first-order valence-electron chi connectivity index (χ1n) is 5.52. The number of amides is 1. The van der Waals surface area contributed by atoms with Crippen molar-refractivity contribution in [1.29, 1.82) is 0 Å². The number of benzene rings is 1. The summed E-state index contributed by atoms with van der Waals surface area (Å²) in [6, 6.07) is 5.29. The maximum atomic E-state index is 11.7. The van der Waals surface area contributed by atoms with Crippen molar-refractivity contribution in [3.63, 3.8) is 0 Å². The van der Waals surface area contributed by atoms with Crippen LogP contribution in [0.2, 0.25) is 5.02 Å². The number of hydrazone groups is 1. The van der Waals surface area contributed by atoms with Crippen LogP contribution >= 0.6 is 27.5 Å². The SMILES string of the molecule is O=C(O)C1=NN(Cc2ccc(Br)cc2Cl)C(=O)CC1. The predicted molar refractivity (Wildman–Crippen MR) is 74.0 cm³/mol. The molecule has 1 heterocycles. The number of hydrogen-bond acceptors (Lipinski definition) is 3. The van der Waals surface area contributed by atoms with Crippen molar-refractivity contribution in [1.82, 2.24) is 5.01 Å². The Labute approximate surface area is 123 Å². The lowest BCUT2D eigenvalue weighted by Gasteiger charge is -2.22. The van der Waals surface area contributed by atoms with Gasteiger partial charge < -0.3 is 5.11 Å². The zero-order chi connectivity index (χ0) is 14.0. The summed E-state index contributed by atoms with van der Waals surface area (Å²) in [4.78, 5) is 22.6. The van der Waals surface area contributed by atoms with Crippen molar-refractivity contribution in [2.24, 2.45) is 5.10 Å². The molecule has 0 spiro atoms. The molecule has 1 N–H and O–H groups in total. The number of aliphatic carboxylic acids is 1. The lowest BCUT2D eigenvalue weighted by Crippen LogP contribution is -2.33. The summed E-state index contributed by atoms with van der Waals surface area (Å²) in [6.07, 6.45) is 0.317. The van der Waals surface area contributed by atoms with Gasteiger partial charge in [0.15, 0.2) is 0 Å². The van der Waals surface area contributed by atoms with E-state index in [1.807, 2.05) is 0 Å². The average molecular weight is 346 g/mol. The van der Waals surface area contributed by atoms with Crippen molar-refractivity contribution in [3.05, 3.63) is 33.3 Å². The van der Waals surface area contributed by atoms with E-state index in [0.29, 0.717) is 10.6 Å². The Hall–Kier alpha value is -1.40. The largest absolute Gasteiger partial charge is 0.477 e. The number of carbonyl (C=O) groups is 2. The number of rotatable bonds is 3. The number of carbonyl (C=O) groups excluding carboxylic acids is 1. The number of carboxylic acids is 1. The lowest BCUT2D eigenvalue weighted by molar-refractivity contribution is -0.133. The first-order valence-corrected chi connectivity index (χ1v) is 6.69. The molecule has 1 aromatic rings. The molecule has 19 heavy (non-hydrogen) atoms. The van der Waals surface area contributed by atoms with Crippen LogP contribution in [0.15, 0.2) is 27.8 Å². The van der Waals surface area contributed by atoms with E-state index in [9.17, 15) is 9.59 Å². The van der Waals surface area contributed by atoms with Crippen LogP contribution in [0.5, 0.6) is 0 Å². The maximum Gasteiger partial charge on any atom is 0.352 e. The van der Waals surface area contributed by atoms with E-state index in [1.54, 1.807) is 18.2 Å². The third-order valence-corrected chi connectivity index (χ3v) is 3.53. The molecule has 0 radical (unpaired) electrons. The van der Waals surface area contributed by atoms with Gasteiger partial charge in [-0.15, -0.1) is 0 Å². The third kappa shape index (κ3) is 3.33. The van der Waals surface area contributed by atoms with Crippen LogP contribution in [0, 0.1) is 0 Å². The zero-order valence-corrected chi connectivity index (χ0v) is 12.1. The van der Waals surface area contributed by atoms with Crippen LogP contribution in [-0.2, 0) is 16.1 Å². The second-order valence-electron chi connectivity index (χ2n) is 4.04. The highest BCUT2D eigenvalue weighted by Gasteiger charge is 2.24. The van der Waals surface area contributed by atoms with E-state index in [4.69, 9.17) is 16.7 Å². The molecular weight excluding hydrogens is 336 g/mol. The topological polar surface area (TPSA) is 70.0 Å². The van der Waals surface area contributed by atoms with Gasteiger partial charge >= 0.3 is 5.97 Å². The minimum atomic E-state index is -1.10. The van der Waals surface area contributed by atoms with Gasteiger partial charge in [-0.3, -0.25) is 4.79 Å². The van der Waals surface area contributed by atoms with E-state index in [1.165, 1.54) is 0 Å². The summed E-state index contributed by atoms with van der Waals surface area (Å²) in [7, 11) is 0. The van der Waals surface area contributed by atoms with E-state index >= 15 is 0 Å². The lowest BCUT2D eigenvalue weighted by atomic mass is 10.1. The summed E-state index contributed by atoms with van der Waals surface area (Å²) >= 11 is 9.35. The van der Waals surface area contributed by atoms with Gasteiger partial charge in [-0.1, -0.05) is 33.6 Å². The summed E-state index contributed by atoms with van der Waals surface area (Å²) < 4.78 is 0.834. The molecule has 0 aromatic heterocycles. The molecule has 0 fully saturated rings. The van der Waals surface area contributed by atoms with Gasteiger partial charge in [-0.25, -0.2) is 9.80 Å². The van der Waals surface area contributed by atoms with Gasteiger partial charge in [0.25, 0.3) is 0 Å². The van der Waals surface area contributed by atoms with Gasteiger partial charge in [0.1, 0.15) is 5.71 Å². The zero-order valence-electron chi connectivity index (χ0n) is 9.77. The van der Waals surface area contributed by atoms with Crippen LogP contribution in [0.4, 0.5) is 0 Å². The van der Waals surface area contributed by atoms with Crippen LogP contribution in [0.1, 0.15) is 18.4 Å². The molecule has 0 saturated carbocycles. The maximum absolute atomic E-state index is 11.7. The quantitative estimate of drug-likeness (QED) is 0.915. The molecule has 100 valence electrons. The van der Waals surface area contributed by atoms with Gasteiger partial charge in [0.05, 0.1) is 6.54 Å². The molecule has 0 saturated heterocycles. The molecule has 1 aliphatic rings. The monoisotopic (exact) mass is 344 g/mol. The van der Waals surface area contributed by atoms with Gasteiger partial charge in [0.2, 0.25) is 5.91 Å². The first kappa shape index (κ1) is 14.0.